The van der Waals surface area contributed by atoms with Gasteiger partial charge in [0.15, 0.2) is 0 Å². The second-order valence-electron chi connectivity index (χ2n) is 4.05. The SMILES string of the molecule is O=c1[nH]ncc(NC2CCCC2CO)c1Br. The maximum Gasteiger partial charge on any atom is 0.280 e. The molecule has 6 heteroatoms. The fraction of sp³-hybridized carbons (Fsp3) is 0.600. The summed E-state index contributed by atoms with van der Waals surface area (Å²) in [5.41, 5.74) is 0.442. The summed E-state index contributed by atoms with van der Waals surface area (Å²) >= 11 is 3.22. The molecule has 2 rings (SSSR count). The molecule has 0 bridgehead atoms. The van der Waals surface area contributed by atoms with Crippen LogP contribution in [0.3, 0.4) is 0 Å². The molecule has 2 unspecified atom stereocenters. The van der Waals surface area contributed by atoms with Crippen LogP contribution in [-0.2, 0) is 0 Å². The van der Waals surface area contributed by atoms with Gasteiger partial charge in [-0.05, 0) is 28.8 Å². The van der Waals surface area contributed by atoms with E-state index in [0.29, 0.717) is 10.2 Å². The van der Waals surface area contributed by atoms with Crippen LogP contribution in [0.4, 0.5) is 5.69 Å². The zero-order valence-electron chi connectivity index (χ0n) is 8.74. The van der Waals surface area contributed by atoms with Crippen LogP contribution in [0, 0.1) is 5.92 Å². The van der Waals surface area contributed by atoms with Crippen molar-refractivity contribution in [3.63, 3.8) is 0 Å². The smallest absolute Gasteiger partial charge is 0.280 e. The number of aromatic amines is 1. The Morgan fingerprint density at radius 3 is 3.19 bits per heavy atom. The molecule has 16 heavy (non-hydrogen) atoms. The van der Waals surface area contributed by atoms with Gasteiger partial charge in [-0.1, -0.05) is 6.42 Å². The van der Waals surface area contributed by atoms with Crippen molar-refractivity contribution in [3.05, 3.63) is 21.0 Å². The van der Waals surface area contributed by atoms with Crippen LogP contribution >= 0.6 is 15.9 Å². The molecule has 1 aromatic rings. The molecule has 0 radical (unpaired) electrons. The first-order chi connectivity index (χ1) is 7.72. The van der Waals surface area contributed by atoms with Gasteiger partial charge in [0.2, 0.25) is 0 Å². The van der Waals surface area contributed by atoms with E-state index in [2.05, 4.69) is 31.4 Å². The molecule has 2 atom stereocenters. The Labute approximate surface area is 101 Å². The quantitative estimate of drug-likeness (QED) is 0.778. The predicted molar refractivity (Wildman–Crippen MR) is 64.4 cm³/mol. The summed E-state index contributed by atoms with van der Waals surface area (Å²) in [5, 5.41) is 18.6. The van der Waals surface area contributed by atoms with Gasteiger partial charge in [0.25, 0.3) is 5.56 Å². The van der Waals surface area contributed by atoms with Crippen molar-refractivity contribution >= 4 is 21.6 Å². The number of aliphatic hydroxyl groups is 1. The summed E-state index contributed by atoms with van der Waals surface area (Å²) in [6.45, 7) is 0.186. The molecule has 0 amide bonds. The third kappa shape index (κ3) is 2.27. The highest BCUT2D eigenvalue weighted by Gasteiger charge is 2.27. The van der Waals surface area contributed by atoms with Gasteiger partial charge in [-0.3, -0.25) is 4.79 Å². The molecular formula is C10H14BrN3O2. The van der Waals surface area contributed by atoms with Gasteiger partial charge in [0.1, 0.15) is 4.47 Å². The topological polar surface area (TPSA) is 78.0 Å². The van der Waals surface area contributed by atoms with E-state index >= 15 is 0 Å². The van der Waals surface area contributed by atoms with Crippen molar-refractivity contribution in [2.75, 3.05) is 11.9 Å². The molecule has 0 saturated heterocycles. The summed E-state index contributed by atoms with van der Waals surface area (Å²) in [5.74, 6) is 0.270. The highest BCUT2D eigenvalue weighted by molar-refractivity contribution is 9.10. The summed E-state index contributed by atoms with van der Waals surface area (Å²) in [6, 6.07) is 0.227. The van der Waals surface area contributed by atoms with E-state index in [0.717, 1.165) is 19.3 Å². The third-order valence-corrected chi connectivity index (χ3v) is 3.82. The van der Waals surface area contributed by atoms with Gasteiger partial charge in [0.05, 0.1) is 11.9 Å². The van der Waals surface area contributed by atoms with Crippen molar-refractivity contribution in [3.8, 4) is 0 Å². The number of hydrogen-bond acceptors (Lipinski definition) is 4. The first kappa shape index (κ1) is 11.6. The van der Waals surface area contributed by atoms with E-state index in [-0.39, 0.29) is 24.1 Å². The first-order valence-electron chi connectivity index (χ1n) is 5.33. The van der Waals surface area contributed by atoms with Crippen LogP contribution in [0.5, 0.6) is 0 Å². The van der Waals surface area contributed by atoms with E-state index in [1.165, 1.54) is 0 Å². The van der Waals surface area contributed by atoms with E-state index in [1.54, 1.807) is 6.20 Å². The van der Waals surface area contributed by atoms with Crippen LogP contribution in [0.1, 0.15) is 19.3 Å². The number of hydrogen-bond donors (Lipinski definition) is 3. The van der Waals surface area contributed by atoms with E-state index < -0.39 is 0 Å². The summed E-state index contributed by atoms with van der Waals surface area (Å²) in [6.07, 6.45) is 4.74. The minimum absolute atomic E-state index is 0.186. The van der Waals surface area contributed by atoms with Crippen LogP contribution in [0.15, 0.2) is 15.5 Å². The average Bonchev–Trinajstić information content (AvgIpc) is 2.72. The number of nitrogens with one attached hydrogen (secondary N) is 2. The van der Waals surface area contributed by atoms with Gasteiger partial charge >= 0.3 is 0 Å². The Kier molecular flexibility index (Phi) is 3.60. The lowest BCUT2D eigenvalue weighted by molar-refractivity contribution is 0.222. The maximum absolute atomic E-state index is 11.3. The fourth-order valence-corrected chi connectivity index (χ4v) is 2.43. The fourth-order valence-electron chi connectivity index (χ4n) is 2.13. The molecule has 88 valence electrons. The normalized spacial score (nSPS) is 24.6. The predicted octanol–water partition coefficient (Wildman–Crippen LogP) is 1.11. The zero-order chi connectivity index (χ0) is 11.5. The Balaban J connectivity index is 2.14. The minimum Gasteiger partial charge on any atom is -0.396 e. The third-order valence-electron chi connectivity index (χ3n) is 3.03. The number of rotatable bonds is 3. The second-order valence-corrected chi connectivity index (χ2v) is 4.84. The Morgan fingerprint density at radius 1 is 1.62 bits per heavy atom. The molecule has 0 aliphatic heterocycles. The van der Waals surface area contributed by atoms with E-state index in [4.69, 9.17) is 0 Å². The first-order valence-corrected chi connectivity index (χ1v) is 6.12. The molecule has 0 spiro atoms. The van der Waals surface area contributed by atoms with Crippen molar-refractivity contribution in [1.29, 1.82) is 0 Å². The number of nitrogens with zero attached hydrogens (tertiary/aromatic N) is 1. The van der Waals surface area contributed by atoms with Crippen LogP contribution in [-0.4, -0.2) is 28.0 Å². The van der Waals surface area contributed by atoms with E-state index in [1.807, 2.05) is 0 Å². The van der Waals surface area contributed by atoms with Crippen LogP contribution < -0.4 is 10.9 Å². The zero-order valence-corrected chi connectivity index (χ0v) is 10.3. The lowest BCUT2D eigenvalue weighted by Crippen LogP contribution is -2.27. The van der Waals surface area contributed by atoms with Crippen molar-refractivity contribution in [1.82, 2.24) is 10.2 Å². The Hall–Kier alpha value is -0.880. The van der Waals surface area contributed by atoms with Gasteiger partial charge < -0.3 is 10.4 Å². The summed E-state index contributed by atoms with van der Waals surface area (Å²) in [7, 11) is 0. The van der Waals surface area contributed by atoms with Crippen LogP contribution in [0.25, 0.3) is 0 Å². The summed E-state index contributed by atoms with van der Waals surface area (Å²) < 4.78 is 0.464. The number of aliphatic hydroxyl groups excluding tert-OH is 1. The number of anilines is 1. The monoisotopic (exact) mass is 287 g/mol. The van der Waals surface area contributed by atoms with Crippen molar-refractivity contribution in [2.45, 2.75) is 25.3 Å². The van der Waals surface area contributed by atoms with E-state index in [9.17, 15) is 9.90 Å². The average molecular weight is 288 g/mol. The van der Waals surface area contributed by atoms with Gasteiger partial charge in [0, 0.05) is 18.6 Å². The largest absolute Gasteiger partial charge is 0.396 e. The van der Waals surface area contributed by atoms with Gasteiger partial charge in [-0.25, -0.2) is 5.10 Å². The molecular weight excluding hydrogens is 274 g/mol. The Morgan fingerprint density at radius 2 is 2.44 bits per heavy atom. The van der Waals surface area contributed by atoms with Gasteiger partial charge in [-0.2, -0.15) is 5.10 Å². The molecule has 5 nitrogen and oxygen atoms in total. The standard InChI is InChI=1S/C10H14BrN3O2/c11-9-8(4-12-14-10(9)16)13-7-3-1-2-6(7)5-15/h4,6-7,15H,1-3,5H2,(H2,13,14,16). The molecule has 1 aliphatic carbocycles. The lowest BCUT2D eigenvalue weighted by atomic mass is 10.1. The molecule has 1 aromatic heterocycles. The van der Waals surface area contributed by atoms with Crippen LogP contribution in [0.2, 0.25) is 0 Å². The molecule has 1 saturated carbocycles. The van der Waals surface area contributed by atoms with Gasteiger partial charge in [-0.15, -0.1) is 0 Å². The maximum atomic E-state index is 11.3. The molecule has 1 aliphatic rings. The van der Waals surface area contributed by atoms with Crippen molar-refractivity contribution < 1.29 is 5.11 Å². The van der Waals surface area contributed by atoms with Crippen molar-refractivity contribution in [2.24, 2.45) is 5.92 Å². The minimum atomic E-state index is -0.247. The molecule has 1 heterocycles. The molecule has 3 N–H and O–H groups in total. The highest BCUT2D eigenvalue weighted by atomic mass is 79.9. The second kappa shape index (κ2) is 4.97. The number of H-pyrrole nitrogens is 1. The highest BCUT2D eigenvalue weighted by Crippen LogP contribution is 2.29. The molecule has 0 aromatic carbocycles. The number of halogens is 1. The summed E-state index contributed by atoms with van der Waals surface area (Å²) in [4.78, 5) is 11.3. The number of aromatic nitrogens is 2. The Bertz CT molecular complexity index is 421. The molecule has 1 fully saturated rings. The lowest BCUT2D eigenvalue weighted by Gasteiger charge is -2.20.